The number of aromatic nitrogens is 3. The van der Waals surface area contributed by atoms with Crippen molar-refractivity contribution in [2.75, 3.05) is 6.54 Å². The van der Waals surface area contributed by atoms with E-state index in [0.29, 0.717) is 12.5 Å². The molecule has 0 saturated heterocycles. The fraction of sp³-hybridized carbons (Fsp3) is 0.538. The van der Waals surface area contributed by atoms with E-state index < -0.39 is 0 Å². The van der Waals surface area contributed by atoms with Gasteiger partial charge in [-0.25, -0.2) is 9.50 Å². The van der Waals surface area contributed by atoms with Crippen molar-refractivity contribution in [3.63, 3.8) is 0 Å². The van der Waals surface area contributed by atoms with Crippen LogP contribution in [0.5, 0.6) is 0 Å². The highest BCUT2D eigenvalue weighted by atomic mass is 15.3. The Balaban J connectivity index is 2.02. The molecule has 0 unspecified atom stereocenters. The lowest BCUT2D eigenvalue weighted by Gasteiger charge is -2.00. The molecule has 0 radical (unpaired) electrons. The maximum atomic E-state index is 5.62. The quantitative estimate of drug-likeness (QED) is 0.876. The Labute approximate surface area is 101 Å². The Bertz CT molecular complexity index is 511. The van der Waals surface area contributed by atoms with Crippen LogP contribution < -0.4 is 5.73 Å². The van der Waals surface area contributed by atoms with Crippen molar-refractivity contribution in [2.45, 2.75) is 38.0 Å². The lowest BCUT2D eigenvalue weighted by atomic mass is 10.1. The van der Waals surface area contributed by atoms with Crippen molar-refractivity contribution < 1.29 is 0 Å². The molecule has 3 rings (SSSR count). The Morgan fingerprint density at radius 1 is 1.35 bits per heavy atom. The van der Waals surface area contributed by atoms with Crippen LogP contribution in [0.25, 0.3) is 5.65 Å². The smallest absolute Gasteiger partial charge is 0.158 e. The van der Waals surface area contributed by atoms with Gasteiger partial charge in [0.25, 0.3) is 0 Å². The third-order valence-electron chi connectivity index (χ3n) is 3.59. The van der Waals surface area contributed by atoms with E-state index in [0.717, 1.165) is 17.9 Å². The van der Waals surface area contributed by atoms with E-state index in [9.17, 15) is 0 Å². The first-order valence-corrected chi connectivity index (χ1v) is 6.42. The predicted octanol–water partition coefficient (Wildman–Crippen LogP) is 1.89. The third kappa shape index (κ3) is 1.93. The monoisotopic (exact) mass is 230 g/mol. The van der Waals surface area contributed by atoms with Crippen molar-refractivity contribution >= 4 is 5.65 Å². The molecular formula is C13H18N4. The zero-order chi connectivity index (χ0) is 11.7. The average molecular weight is 230 g/mol. The minimum Gasteiger partial charge on any atom is -0.330 e. The molecule has 2 aromatic heterocycles. The summed E-state index contributed by atoms with van der Waals surface area (Å²) in [5.41, 5.74) is 7.81. The summed E-state index contributed by atoms with van der Waals surface area (Å²) in [6, 6.07) is 4.11. The van der Waals surface area contributed by atoms with E-state index in [4.69, 9.17) is 10.7 Å². The van der Waals surface area contributed by atoms with E-state index in [-0.39, 0.29) is 0 Å². The summed E-state index contributed by atoms with van der Waals surface area (Å²) in [6.07, 6.45) is 7.95. The fourth-order valence-electron chi connectivity index (χ4n) is 2.69. The van der Waals surface area contributed by atoms with Crippen LogP contribution in [0.1, 0.15) is 43.0 Å². The van der Waals surface area contributed by atoms with Gasteiger partial charge in [-0.2, -0.15) is 5.10 Å². The Kier molecular flexibility index (Phi) is 2.81. The molecule has 0 aromatic carbocycles. The first-order chi connectivity index (χ1) is 8.38. The number of nitrogens with zero attached hydrogens (tertiary/aromatic N) is 3. The number of hydrogen-bond donors (Lipinski definition) is 1. The lowest BCUT2D eigenvalue weighted by Crippen LogP contribution is -2.04. The van der Waals surface area contributed by atoms with Crippen molar-refractivity contribution in [3.8, 4) is 0 Å². The molecular weight excluding hydrogens is 212 g/mol. The number of pyridine rings is 1. The normalized spacial score (nSPS) is 17.0. The molecule has 0 spiro atoms. The van der Waals surface area contributed by atoms with Gasteiger partial charge in [0.1, 0.15) is 0 Å². The lowest BCUT2D eigenvalue weighted by molar-refractivity contribution is 0.666. The minimum atomic E-state index is 0.570. The second-order valence-corrected chi connectivity index (χ2v) is 4.79. The highest BCUT2D eigenvalue weighted by Crippen LogP contribution is 2.32. The molecule has 2 heterocycles. The van der Waals surface area contributed by atoms with Gasteiger partial charge < -0.3 is 5.73 Å². The first-order valence-electron chi connectivity index (χ1n) is 6.42. The van der Waals surface area contributed by atoms with Gasteiger partial charge in [-0.1, -0.05) is 18.9 Å². The summed E-state index contributed by atoms with van der Waals surface area (Å²) in [5.74, 6) is 1.59. The zero-order valence-corrected chi connectivity index (χ0v) is 9.97. The summed E-state index contributed by atoms with van der Waals surface area (Å²) in [5, 5.41) is 4.60. The molecule has 2 N–H and O–H groups in total. The molecule has 4 heteroatoms. The van der Waals surface area contributed by atoms with E-state index in [1.807, 2.05) is 16.8 Å². The van der Waals surface area contributed by atoms with Crippen LogP contribution in [-0.2, 0) is 6.42 Å². The van der Waals surface area contributed by atoms with E-state index in [1.54, 1.807) is 0 Å². The van der Waals surface area contributed by atoms with Crippen molar-refractivity contribution in [1.29, 1.82) is 0 Å². The summed E-state index contributed by atoms with van der Waals surface area (Å²) >= 11 is 0. The fourth-order valence-corrected chi connectivity index (χ4v) is 2.69. The topological polar surface area (TPSA) is 56.2 Å². The number of fused-ring (bicyclic) bond motifs is 1. The average Bonchev–Trinajstić information content (AvgIpc) is 2.98. The Hall–Kier alpha value is -1.42. The van der Waals surface area contributed by atoms with Gasteiger partial charge in [0.05, 0.1) is 0 Å². The number of nitrogens with two attached hydrogens (primary N) is 1. The summed E-state index contributed by atoms with van der Waals surface area (Å²) in [7, 11) is 0. The SMILES string of the molecule is NCCc1cccn2nc(C3CCCC3)nc12. The van der Waals surface area contributed by atoms with Gasteiger partial charge in [0.15, 0.2) is 11.5 Å². The summed E-state index contributed by atoms with van der Waals surface area (Å²) in [6.45, 7) is 0.658. The second-order valence-electron chi connectivity index (χ2n) is 4.79. The highest BCUT2D eigenvalue weighted by molar-refractivity contribution is 5.47. The molecule has 1 aliphatic rings. The van der Waals surface area contributed by atoms with Crippen LogP contribution in [0.3, 0.4) is 0 Å². The van der Waals surface area contributed by atoms with Gasteiger partial charge in [0, 0.05) is 12.1 Å². The van der Waals surface area contributed by atoms with E-state index >= 15 is 0 Å². The minimum absolute atomic E-state index is 0.570. The zero-order valence-electron chi connectivity index (χ0n) is 9.97. The van der Waals surface area contributed by atoms with Crippen molar-refractivity contribution in [2.24, 2.45) is 5.73 Å². The van der Waals surface area contributed by atoms with E-state index in [1.165, 1.54) is 31.2 Å². The van der Waals surface area contributed by atoms with Crippen LogP contribution in [0.15, 0.2) is 18.3 Å². The molecule has 0 atom stereocenters. The molecule has 2 aromatic rings. The molecule has 4 nitrogen and oxygen atoms in total. The highest BCUT2D eigenvalue weighted by Gasteiger charge is 2.21. The predicted molar refractivity (Wildman–Crippen MR) is 67.0 cm³/mol. The van der Waals surface area contributed by atoms with Gasteiger partial charge in [-0.15, -0.1) is 0 Å². The standard InChI is InChI=1S/C13H18N4/c14-8-7-11-6-3-9-17-13(11)15-12(16-17)10-4-1-2-5-10/h3,6,9-10H,1-2,4-5,7-8,14H2. The van der Waals surface area contributed by atoms with Crippen molar-refractivity contribution in [3.05, 3.63) is 29.7 Å². The van der Waals surface area contributed by atoms with Crippen LogP contribution in [0.4, 0.5) is 0 Å². The second kappa shape index (κ2) is 4.45. The molecule has 90 valence electrons. The molecule has 17 heavy (non-hydrogen) atoms. The molecule has 0 bridgehead atoms. The summed E-state index contributed by atoms with van der Waals surface area (Å²) < 4.78 is 1.90. The molecule has 0 amide bonds. The van der Waals surface area contributed by atoms with Crippen LogP contribution in [0, 0.1) is 0 Å². The largest absolute Gasteiger partial charge is 0.330 e. The number of rotatable bonds is 3. The van der Waals surface area contributed by atoms with Crippen LogP contribution in [0.2, 0.25) is 0 Å². The van der Waals surface area contributed by atoms with Gasteiger partial charge in [-0.05, 0) is 37.4 Å². The van der Waals surface area contributed by atoms with Gasteiger partial charge in [-0.3, -0.25) is 0 Å². The summed E-state index contributed by atoms with van der Waals surface area (Å²) in [4.78, 5) is 4.71. The van der Waals surface area contributed by atoms with Crippen LogP contribution >= 0.6 is 0 Å². The molecule has 1 fully saturated rings. The maximum absolute atomic E-state index is 5.62. The van der Waals surface area contributed by atoms with Crippen LogP contribution in [-0.4, -0.2) is 21.1 Å². The van der Waals surface area contributed by atoms with Crippen molar-refractivity contribution in [1.82, 2.24) is 14.6 Å². The van der Waals surface area contributed by atoms with Gasteiger partial charge >= 0.3 is 0 Å². The third-order valence-corrected chi connectivity index (χ3v) is 3.59. The first kappa shape index (κ1) is 10.7. The maximum Gasteiger partial charge on any atom is 0.158 e. The Morgan fingerprint density at radius 2 is 2.18 bits per heavy atom. The Morgan fingerprint density at radius 3 is 2.94 bits per heavy atom. The van der Waals surface area contributed by atoms with E-state index in [2.05, 4.69) is 11.2 Å². The van der Waals surface area contributed by atoms with Gasteiger partial charge in [0.2, 0.25) is 0 Å². The molecule has 0 aliphatic heterocycles. The molecule has 1 aliphatic carbocycles. The molecule has 1 saturated carbocycles. The number of hydrogen-bond acceptors (Lipinski definition) is 3.